The quantitative estimate of drug-likeness (QED) is 0.535. The molecule has 0 bridgehead atoms. The van der Waals surface area contributed by atoms with Crippen LogP contribution >= 0.6 is 11.3 Å². The number of aromatic nitrogens is 3. The Labute approximate surface area is 137 Å². The fourth-order valence-corrected chi connectivity index (χ4v) is 2.63. The summed E-state index contributed by atoms with van der Waals surface area (Å²) < 4.78 is 6.03. The Bertz CT molecular complexity index is 975. The van der Waals surface area contributed by atoms with E-state index in [1.807, 2.05) is 11.4 Å². The second kappa shape index (κ2) is 6.04. The molecule has 0 aliphatic carbocycles. The van der Waals surface area contributed by atoms with Crippen LogP contribution in [0.1, 0.15) is 16.2 Å². The van der Waals surface area contributed by atoms with Crippen LogP contribution < -0.4 is 11.3 Å². The van der Waals surface area contributed by atoms with E-state index in [0.717, 1.165) is 21.7 Å². The number of nitrogens with zero attached hydrogens (tertiary/aromatic N) is 4. The van der Waals surface area contributed by atoms with Crippen molar-refractivity contribution in [3.63, 3.8) is 0 Å². The van der Waals surface area contributed by atoms with Crippen molar-refractivity contribution in [1.29, 1.82) is 0 Å². The van der Waals surface area contributed by atoms with Crippen molar-refractivity contribution >= 4 is 22.9 Å². The minimum Gasteiger partial charge on any atom is -0.365 e. The normalized spacial score (nSPS) is 10.7. The highest BCUT2D eigenvalue weighted by atomic mass is 32.1. The van der Waals surface area contributed by atoms with Crippen molar-refractivity contribution in [2.75, 3.05) is 0 Å². The Hall–Kier alpha value is -3.34. The molecule has 0 aromatic carbocycles. The third kappa shape index (κ3) is 2.92. The second-order valence-electron chi connectivity index (χ2n) is 4.66. The number of hydrogen-bond acceptors (Lipinski definition) is 8. The number of carbonyl (C=O) groups is 1. The third-order valence-corrected chi connectivity index (χ3v) is 3.92. The maximum Gasteiger partial charge on any atom is 0.286 e. The van der Waals surface area contributed by atoms with E-state index in [1.165, 1.54) is 11.3 Å². The van der Waals surface area contributed by atoms with Gasteiger partial charge in [0, 0.05) is 6.07 Å². The highest BCUT2D eigenvalue weighted by Gasteiger charge is 2.19. The molecule has 0 unspecified atom stereocenters. The highest BCUT2D eigenvalue weighted by Crippen LogP contribution is 2.22. The molecule has 3 rings (SSSR count). The summed E-state index contributed by atoms with van der Waals surface area (Å²) in [6, 6.07) is 4.44. The van der Waals surface area contributed by atoms with E-state index in [0.29, 0.717) is 0 Å². The lowest BCUT2D eigenvalue weighted by Gasteiger charge is -2.04. The van der Waals surface area contributed by atoms with Crippen molar-refractivity contribution in [3.8, 4) is 10.8 Å². The van der Waals surface area contributed by atoms with E-state index in [-0.39, 0.29) is 18.3 Å². The molecule has 0 radical (unpaired) electrons. The molecule has 122 valence electrons. The van der Waals surface area contributed by atoms with Crippen molar-refractivity contribution in [2.45, 2.75) is 6.54 Å². The summed E-state index contributed by atoms with van der Waals surface area (Å²) in [6.45, 7) is -0.199. The molecule has 3 heterocycles. The maximum atomic E-state index is 12.2. The molecular formula is C13H9N5O5S. The van der Waals surface area contributed by atoms with Crippen LogP contribution in [0.5, 0.6) is 0 Å². The number of carbonyl (C=O) groups excluding carboxylic acids is 1. The van der Waals surface area contributed by atoms with Gasteiger partial charge in [-0.05, 0) is 11.4 Å². The van der Waals surface area contributed by atoms with Crippen molar-refractivity contribution < 1.29 is 14.2 Å². The Morgan fingerprint density at radius 3 is 2.92 bits per heavy atom. The first kappa shape index (κ1) is 15.6. The van der Waals surface area contributed by atoms with Crippen LogP contribution in [0.15, 0.2) is 39.1 Å². The molecular weight excluding hydrogens is 338 g/mol. The lowest BCUT2D eigenvalue weighted by molar-refractivity contribution is -0.385. The first-order valence-electron chi connectivity index (χ1n) is 6.51. The molecule has 3 aromatic rings. The molecule has 0 saturated carbocycles. The molecule has 2 N–H and O–H groups in total. The number of primary amides is 1. The number of rotatable bonds is 5. The van der Waals surface area contributed by atoms with Crippen LogP contribution in [0, 0.1) is 10.1 Å². The van der Waals surface area contributed by atoms with Crippen molar-refractivity contribution in [2.24, 2.45) is 5.73 Å². The van der Waals surface area contributed by atoms with Crippen LogP contribution in [-0.4, -0.2) is 25.5 Å². The van der Waals surface area contributed by atoms with Crippen LogP contribution in [-0.2, 0) is 6.54 Å². The average molecular weight is 347 g/mol. The molecule has 24 heavy (non-hydrogen) atoms. The molecule has 0 saturated heterocycles. The van der Waals surface area contributed by atoms with Gasteiger partial charge < -0.3 is 14.8 Å². The van der Waals surface area contributed by atoms with Crippen LogP contribution in [0.25, 0.3) is 10.8 Å². The van der Waals surface area contributed by atoms with Gasteiger partial charge in [-0.3, -0.25) is 19.7 Å². The van der Waals surface area contributed by atoms with E-state index in [1.54, 1.807) is 6.07 Å². The van der Waals surface area contributed by atoms with Gasteiger partial charge in [0.05, 0.1) is 22.5 Å². The zero-order valence-corrected chi connectivity index (χ0v) is 12.7. The Morgan fingerprint density at radius 2 is 2.29 bits per heavy atom. The first-order valence-corrected chi connectivity index (χ1v) is 7.39. The summed E-state index contributed by atoms with van der Waals surface area (Å²) in [5.41, 5.74) is 3.40. The smallest absolute Gasteiger partial charge is 0.286 e. The summed E-state index contributed by atoms with van der Waals surface area (Å²) in [4.78, 5) is 38.6. The number of nitro groups is 1. The monoisotopic (exact) mass is 347 g/mol. The summed E-state index contributed by atoms with van der Waals surface area (Å²) in [5.74, 6) is -0.644. The lowest BCUT2D eigenvalue weighted by atomic mass is 10.2. The molecule has 3 aromatic heterocycles. The van der Waals surface area contributed by atoms with Gasteiger partial charge in [0.1, 0.15) is 5.56 Å². The van der Waals surface area contributed by atoms with Gasteiger partial charge in [-0.1, -0.05) is 11.2 Å². The Morgan fingerprint density at radius 1 is 1.50 bits per heavy atom. The first-order chi connectivity index (χ1) is 11.5. The van der Waals surface area contributed by atoms with E-state index in [9.17, 15) is 19.7 Å². The largest absolute Gasteiger partial charge is 0.365 e. The minimum atomic E-state index is -1.05. The number of thiophene rings is 1. The van der Waals surface area contributed by atoms with E-state index < -0.39 is 27.6 Å². The summed E-state index contributed by atoms with van der Waals surface area (Å²) in [7, 11) is 0. The topological polar surface area (TPSA) is 147 Å². The van der Waals surface area contributed by atoms with Gasteiger partial charge in [0.2, 0.25) is 0 Å². The molecule has 1 amide bonds. The highest BCUT2D eigenvalue weighted by molar-refractivity contribution is 7.13. The predicted molar refractivity (Wildman–Crippen MR) is 82.6 cm³/mol. The van der Waals surface area contributed by atoms with E-state index in [2.05, 4.69) is 10.1 Å². The molecule has 0 aliphatic heterocycles. The molecule has 0 atom stereocenters. The Balaban J connectivity index is 1.99. The third-order valence-electron chi connectivity index (χ3n) is 3.06. The van der Waals surface area contributed by atoms with Crippen LogP contribution in [0.4, 0.5) is 5.69 Å². The summed E-state index contributed by atoms with van der Waals surface area (Å²) in [5, 5.41) is 16.5. The number of nitrogens with two attached hydrogens (primary N) is 1. The van der Waals surface area contributed by atoms with E-state index in [4.69, 9.17) is 10.3 Å². The van der Waals surface area contributed by atoms with Crippen molar-refractivity contribution in [1.82, 2.24) is 14.7 Å². The fourth-order valence-electron chi connectivity index (χ4n) is 1.98. The zero-order valence-electron chi connectivity index (χ0n) is 11.9. The molecule has 0 fully saturated rings. The SMILES string of the molecule is NC(=O)c1cc([N+](=O)[O-])cn(Cc2noc(-c3cccs3)n2)c1=O. The predicted octanol–water partition coefficient (Wildman–Crippen LogP) is 1.02. The van der Waals surface area contributed by atoms with Gasteiger partial charge in [-0.2, -0.15) is 4.98 Å². The number of pyridine rings is 1. The summed E-state index contributed by atoms with van der Waals surface area (Å²) >= 11 is 1.40. The van der Waals surface area contributed by atoms with Gasteiger partial charge in [-0.15, -0.1) is 11.3 Å². The second-order valence-corrected chi connectivity index (χ2v) is 5.61. The zero-order chi connectivity index (χ0) is 17.3. The summed E-state index contributed by atoms with van der Waals surface area (Å²) in [6.07, 6.45) is 0.996. The van der Waals surface area contributed by atoms with Gasteiger partial charge >= 0.3 is 0 Å². The molecule has 10 nitrogen and oxygen atoms in total. The minimum absolute atomic E-state index is 0.136. The van der Waals surface area contributed by atoms with Gasteiger partial charge in [0.25, 0.3) is 23.0 Å². The standard InChI is InChI=1S/C13H9N5O5S/c14-11(19)8-4-7(18(21)22)5-17(13(8)20)6-10-15-12(23-16-10)9-2-1-3-24-9/h1-5H,6H2,(H2,14,19). The maximum absolute atomic E-state index is 12.2. The molecule has 0 aliphatic rings. The van der Waals surface area contributed by atoms with Gasteiger partial charge in [-0.25, -0.2) is 0 Å². The number of hydrogen-bond donors (Lipinski definition) is 1. The van der Waals surface area contributed by atoms with Crippen LogP contribution in [0.2, 0.25) is 0 Å². The average Bonchev–Trinajstić information content (AvgIpc) is 3.19. The fraction of sp³-hybridized carbons (Fsp3) is 0.0769. The van der Waals surface area contributed by atoms with Crippen LogP contribution in [0.3, 0.4) is 0 Å². The van der Waals surface area contributed by atoms with Crippen molar-refractivity contribution in [3.05, 3.63) is 61.6 Å². The number of amides is 1. The van der Waals surface area contributed by atoms with Gasteiger partial charge in [0.15, 0.2) is 5.82 Å². The molecule has 0 spiro atoms. The van der Waals surface area contributed by atoms with E-state index >= 15 is 0 Å². The lowest BCUT2D eigenvalue weighted by Crippen LogP contribution is -2.30. The Kier molecular flexibility index (Phi) is 3.92. The molecule has 11 heteroatoms.